The molecule has 0 radical (unpaired) electrons. The number of aryl methyl sites for hydroxylation is 1. The number of hydrogen-bond acceptors (Lipinski definition) is 4. The number of carbonyl (C=O) groups is 1. The van der Waals surface area contributed by atoms with Crippen LogP contribution < -0.4 is 0 Å². The molecule has 24 heavy (non-hydrogen) atoms. The summed E-state index contributed by atoms with van der Waals surface area (Å²) in [4.78, 5) is 22.8. The monoisotopic (exact) mass is 345 g/mol. The first-order valence-corrected chi connectivity index (χ1v) is 8.47. The van der Waals surface area contributed by atoms with Gasteiger partial charge >= 0.3 is 0 Å². The maximum atomic E-state index is 12.8. The Morgan fingerprint density at radius 1 is 1.42 bits per heavy atom. The molecule has 1 aromatic carbocycles. The number of aromatic nitrogens is 2. The van der Waals surface area contributed by atoms with Crippen molar-refractivity contribution in [3.63, 3.8) is 0 Å². The van der Waals surface area contributed by atoms with Gasteiger partial charge in [-0.2, -0.15) is 0 Å². The van der Waals surface area contributed by atoms with Crippen molar-refractivity contribution in [1.82, 2.24) is 14.9 Å². The van der Waals surface area contributed by atoms with Crippen LogP contribution in [0.5, 0.6) is 0 Å². The predicted octanol–water partition coefficient (Wildman–Crippen LogP) is 3.17. The van der Waals surface area contributed by atoms with E-state index in [1.54, 1.807) is 11.8 Å². The van der Waals surface area contributed by atoms with Gasteiger partial charge in [-0.1, -0.05) is 41.9 Å². The normalized spacial score (nSPS) is 18.6. The van der Waals surface area contributed by atoms with Gasteiger partial charge in [0.15, 0.2) is 5.69 Å². The maximum Gasteiger partial charge on any atom is 0.274 e. The molecule has 1 aromatic heterocycles. The highest BCUT2D eigenvalue weighted by Crippen LogP contribution is 2.29. The molecule has 0 aliphatic carbocycles. The zero-order valence-electron chi connectivity index (χ0n) is 13.5. The van der Waals surface area contributed by atoms with Gasteiger partial charge in [-0.3, -0.25) is 4.79 Å². The van der Waals surface area contributed by atoms with Gasteiger partial charge in [0.2, 0.25) is 0 Å². The number of hydrogen-bond donors (Lipinski definition) is 1. The number of rotatable bonds is 4. The molecule has 0 spiro atoms. The third kappa shape index (κ3) is 3.57. The van der Waals surface area contributed by atoms with Crippen LogP contribution >= 0.6 is 11.6 Å². The molecule has 1 amide bonds. The molecule has 126 valence electrons. The Morgan fingerprint density at radius 3 is 2.92 bits per heavy atom. The van der Waals surface area contributed by atoms with Crippen LogP contribution in [-0.4, -0.2) is 38.5 Å². The largest absolute Gasteiger partial charge is 0.388 e. The molecule has 1 aliphatic heterocycles. The molecule has 1 saturated heterocycles. The minimum absolute atomic E-state index is 0.0148. The van der Waals surface area contributed by atoms with Crippen LogP contribution in [-0.2, 0) is 0 Å². The fourth-order valence-corrected chi connectivity index (χ4v) is 3.33. The second kappa shape index (κ2) is 7.28. The molecule has 5 nitrogen and oxygen atoms in total. The summed E-state index contributed by atoms with van der Waals surface area (Å²) < 4.78 is 0. The smallest absolute Gasteiger partial charge is 0.274 e. The first-order chi connectivity index (χ1) is 11.6. The zero-order valence-corrected chi connectivity index (χ0v) is 14.3. The highest BCUT2D eigenvalue weighted by atomic mass is 35.5. The lowest BCUT2D eigenvalue weighted by Gasteiger charge is -2.26. The number of carbonyl (C=O) groups excluding carboxylic acids is 1. The molecule has 6 heteroatoms. The van der Waals surface area contributed by atoms with Crippen LogP contribution in [0.1, 0.15) is 47.2 Å². The van der Waals surface area contributed by atoms with E-state index in [1.807, 2.05) is 30.3 Å². The van der Waals surface area contributed by atoms with E-state index >= 15 is 0 Å². The molecule has 1 aliphatic rings. The first kappa shape index (κ1) is 16.9. The second-order valence-electron chi connectivity index (χ2n) is 6.07. The van der Waals surface area contributed by atoms with E-state index < -0.39 is 6.10 Å². The molecule has 3 rings (SSSR count). The molecule has 2 atom stereocenters. The van der Waals surface area contributed by atoms with Gasteiger partial charge in [-0.25, -0.2) is 9.97 Å². The Balaban J connectivity index is 1.75. The number of halogens is 1. The lowest BCUT2D eigenvalue weighted by atomic mass is 10.0. The minimum atomic E-state index is -0.591. The van der Waals surface area contributed by atoms with Gasteiger partial charge in [-0.05, 0) is 31.7 Å². The second-order valence-corrected chi connectivity index (χ2v) is 6.48. The summed E-state index contributed by atoms with van der Waals surface area (Å²) in [6, 6.07) is 9.51. The van der Waals surface area contributed by atoms with Gasteiger partial charge in [0, 0.05) is 12.6 Å². The maximum absolute atomic E-state index is 12.8. The molecular weight excluding hydrogens is 326 g/mol. The topological polar surface area (TPSA) is 66.3 Å². The first-order valence-electron chi connectivity index (χ1n) is 8.09. The molecule has 0 bridgehead atoms. The lowest BCUT2D eigenvalue weighted by Crippen LogP contribution is -2.37. The van der Waals surface area contributed by atoms with Crippen molar-refractivity contribution >= 4 is 17.5 Å². The summed E-state index contributed by atoms with van der Waals surface area (Å²) >= 11 is 6.10. The van der Waals surface area contributed by atoms with Crippen molar-refractivity contribution in [1.29, 1.82) is 0 Å². The minimum Gasteiger partial charge on any atom is -0.388 e. The summed E-state index contributed by atoms with van der Waals surface area (Å²) in [5.41, 5.74) is 1.11. The number of aliphatic hydroxyl groups excluding tert-OH is 1. The molecule has 2 aromatic rings. The van der Waals surface area contributed by atoms with Crippen LogP contribution in [0.4, 0.5) is 0 Å². The molecule has 1 N–H and O–H groups in total. The fraction of sp³-hybridized carbons (Fsp3) is 0.389. The van der Waals surface area contributed by atoms with E-state index in [-0.39, 0.29) is 22.7 Å². The summed E-state index contributed by atoms with van der Waals surface area (Å²) in [5.74, 6) is 0.330. The number of aliphatic hydroxyl groups is 1. The molecule has 2 unspecified atom stereocenters. The number of amides is 1. The number of benzene rings is 1. The van der Waals surface area contributed by atoms with Crippen LogP contribution in [0.2, 0.25) is 5.02 Å². The lowest BCUT2D eigenvalue weighted by molar-refractivity contribution is 0.0661. The van der Waals surface area contributed by atoms with Crippen molar-refractivity contribution in [2.45, 2.75) is 38.3 Å². The summed E-state index contributed by atoms with van der Waals surface area (Å²) in [6.45, 7) is 2.39. The van der Waals surface area contributed by atoms with Crippen molar-refractivity contribution in [3.05, 3.63) is 58.6 Å². The van der Waals surface area contributed by atoms with E-state index in [0.29, 0.717) is 18.8 Å². The van der Waals surface area contributed by atoms with Crippen molar-refractivity contribution in [3.8, 4) is 0 Å². The zero-order chi connectivity index (χ0) is 17.1. The Morgan fingerprint density at radius 2 is 2.17 bits per heavy atom. The van der Waals surface area contributed by atoms with Gasteiger partial charge in [0.1, 0.15) is 5.82 Å². The number of nitrogens with zero attached hydrogens (tertiary/aromatic N) is 3. The van der Waals surface area contributed by atoms with Crippen LogP contribution in [0, 0.1) is 6.92 Å². The molecular formula is C18H20ClN3O2. The average Bonchev–Trinajstić information content (AvgIpc) is 3.05. The Hall–Kier alpha value is -1.98. The highest BCUT2D eigenvalue weighted by Gasteiger charge is 2.32. The van der Waals surface area contributed by atoms with E-state index in [0.717, 1.165) is 18.4 Å². The van der Waals surface area contributed by atoms with E-state index in [9.17, 15) is 9.90 Å². The summed E-state index contributed by atoms with van der Waals surface area (Å²) in [7, 11) is 0. The quantitative estimate of drug-likeness (QED) is 0.924. The van der Waals surface area contributed by atoms with E-state index in [1.165, 1.54) is 6.20 Å². The third-order valence-electron chi connectivity index (χ3n) is 4.38. The Labute approximate surface area is 146 Å². The van der Waals surface area contributed by atoms with Crippen molar-refractivity contribution in [2.75, 3.05) is 6.54 Å². The Bertz CT molecular complexity index is 723. The van der Waals surface area contributed by atoms with Crippen molar-refractivity contribution in [2.24, 2.45) is 0 Å². The van der Waals surface area contributed by atoms with Crippen LogP contribution in [0.3, 0.4) is 0 Å². The molecule has 1 fully saturated rings. The summed E-state index contributed by atoms with van der Waals surface area (Å²) in [5, 5.41) is 10.7. The molecule has 0 saturated carbocycles. The van der Waals surface area contributed by atoms with E-state index in [2.05, 4.69) is 9.97 Å². The average molecular weight is 346 g/mol. The summed E-state index contributed by atoms with van der Waals surface area (Å²) in [6.07, 6.45) is 3.17. The van der Waals surface area contributed by atoms with Crippen LogP contribution in [0.15, 0.2) is 36.5 Å². The van der Waals surface area contributed by atoms with Crippen LogP contribution in [0.25, 0.3) is 0 Å². The SMILES string of the molecule is Cc1ncc(Cl)c(C(=O)N2CCCC2CC(O)c2ccccc2)n1. The predicted molar refractivity (Wildman–Crippen MR) is 91.9 cm³/mol. The third-order valence-corrected chi connectivity index (χ3v) is 4.66. The van der Waals surface area contributed by atoms with Gasteiger partial charge in [-0.15, -0.1) is 0 Å². The van der Waals surface area contributed by atoms with Gasteiger partial charge in [0.25, 0.3) is 5.91 Å². The highest BCUT2D eigenvalue weighted by molar-refractivity contribution is 6.33. The molecule has 2 heterocycles. The van der Waals surface area contributed by atoms with Crippen molar-refractivity contribution < 1.29 is 9.90 Å². The van der Waals surface area contributed by atoms with Gasteiger partial charge in [0.05, 0.1) is 17.3 Å². The standard InChI is InChI=1S/C18H20ClN3O2/c1-12-20-11-15(19)17(21-12)18(24)22-9-5-8-14(22)10-16(23)13-6-3-2-4-7-13/h2-4,6-7,11,14,16,23H,5,8-10H2,1H3. The Kier molecular flexibility index (Phi) is 5.11. The fourth-order valence-electron chi connectivity index (χ4n) is 3.16. The number of likely N-dealkylation sites (tertiary alicyclic amines) is 1. The van der Waals surface area contributed by atoms with Gasteiger partial charge < -0.3 is 10.0 Å². The van der Waals surface area contributed by atoms with E-state index in [4.69, 9.17) is 11.6 Å².